The Balaban J connectivity index is 2.05. The van der Waals surface area contributed by atoms with Gasteiger partial charge in [-0.1, -0.05) is 6.92 Å². The molecule has 0 aliphatic carbocycles. The number of hydrogen-bond acceptors (Lipinski definition) is 3. The Labute approximate surface area is 86.0 Å². The second-order valence-corrected chi connectivity index (χ2v) is 4.97. The van der Waals surface area contributed by atoms with Gasteiger partial charge in [0.1, 0.15) is 0 Å². The third-order valence-corrected chi connectivity index (χ3v) is 3.97. The minimum atomic E-state index is -0.469. The van der Waals surface area contributed by atoms with Crippen LogP contribution >= 0.6 is 0 Å². The summed E-state index contributed by atoms with van der Waals surface area (Å²) in [5, 5.41) is 10.7. The molecule has 0 aromatic heterocycles. The topological polar surface area (TPSA) is 32.7 Å². The Morgan fingerprint density at radius 1 is 1.50 bits per heavy atom. The summed E-state index contributed by atoms with van der Waals surface area (Å²) in [4.78, 5) is 2.30. The highest BCUT2D eigenvalue weighted by molar-refractivity contribution is 4.96. The highest BCUT2D eigenvalue weighted by atomic mass is 16.5. The zero-order chi connectivity index (χ0) is 10.2. The van der Waals surface area contributed by atoms with Gasteiger partial charge in [0.25, 0.3) is 0 Å². The molecule has 2 fully saturated rings. The monoisotopic (exact) mass is 199 g/mol. The van der Waals surface area contributed by atoms with E-state index in [0.717, 1.165) is 39.1 Å². The van der Waals surface area contributed by atoms with Crippen molar-refractivity contribution in [3.63, 3.8) is 0 Å². The average Bonchev–Trinajstić information content (AvgIpc) is 2.65. The van der Waals surface area contributed by atoms with Crippen LogP contribution < -0.4 is 0 Å². The molecule has 2 aliphatic rings. The van der Waals surface area contributed by atoms with Gasteiger partial charge in [-0.25, -0.2) is 0 Å². The van der Waals surface area contributed by atoms with Crippen LogP contribution in [-0.2, 0) is 4.74 Å². The van der Waals surface area contributed by atoms with Crippen molar-refractivity contribution < 1.29 is 9.84 Å². The zero-order valence-electron chi connectivity index (χ0n) is 9.20. The summed E-state index contributed by atoms with van der Waals surface area (Å²) in [6.07, 6.45) is 1.93. The smallest absolute Gasteiger partial charge is 0.0748 e. The number of nitrogens with zero attached hydrogens (tertiary/aromatic N) is 1. The molecular formula is C11H21NO2. The van der Waals surface area contributed by atoms with E-state index in [4.69, 9.17) is 4.74 Å². The maximum atomic E-state index is 10.7. The minimum Gasteiger partial charge on any atom is -0.389 e. The average molecular weight is 199 g/mol. The third kappa shape index (κ3) is 1.69. The first kappa shape index (κ1) is 10.4. The second kappa shape index (κ2) is 3.80. The van der Waals surface area contributed by atoms with Crippen molar-refractivity contribution in [2.45, 2.75) is 25.4 Å². The van der Waals surface area contributed by atoms with Gasteiger partial charge in [-0.05, 0) is 25.8 Å². The van der Waals surface area contributed by atoms with Crippen molar-refractivity contribution in [3.8, 4) is 0 Å². The van der Waals surface area contributed by atoms with Crippen molar-refractivity contribution in [2.75, 3.05) is 33.4 Å². The molecule has 3 nitrogen and oxygen atoms in total. The van der Waals surface area contributed by atoms with E-state index in [1.54, 1.807) is 0 Å². The molecule has 0 amide bonds. The molecular weight excluding hydrogens is 178 g/mol. The van der Waals surface area contributed by atoms with Crippen molar-refractivity contribution >= 4 is 0 Å². The summed E-state index contributed by atoms with van der Waals surface area (Å²) in [6, 6.07) is 0. The molecule has 1 N–H and O–H groups in total. The van der Waals surface area contributed by atoms with Gasteiger partial charge in [-0.15, -0.1) is 0 Å². The normalized spacial score (nSPS) is 45.6. The molecule has 3 atom stereocenters. The molecule has 0 bridgehead atoms. The molecule has 2 saturated heterocycles. The standard InChI is InChI=1S/C11H21NO2/c1-9-7-12(2)5-4-11(9,13)10-3-6-14-8-10/h9-10,13H,3-8H2,1-2H3. The predicted molar refractivity (Wildman–Crippen MR) is 55.2 cm³/mol. The molecule has 0 radical (unpaired) electrons. The Hall–Kier alpha value is -0.120. The van der Waals surface area contributed by atoms with E-state index in [1.165, 1.54) is 0 Å². The molecule has 2 heterocycles. The summed E-state index contributed by atoms with van der Waals surface area (Å²) < 4.78 is 5.38. The largest absolute Gasteiger partial charge is 0.389 e. The third-order valence-electron chi connectivity index (χ3n) is 3.97. The van der Waals surface area contributed by atoms with Crippen molar-refractivity contribution in [1.29, 1.82) is 0 Å². The predicted octanol–water partition coefficient (Wildman–Crippen LogP) is 0.726. The molecule has 2 rings (SSSR count). The van der Waals surface area contributed by atoms with Crippen molar-refractivity contribution in [3.05, 3.63) is 0 Å². The molecule has 0 aromatic carbocycles. The van der Waals surface area contributed by atoms with E-state index >= 15 is 0 Å². The van der Waals surface area contributed by atoms with Crippen LogP contribution in [0.1, 0.15) is 19.8 Å². The van der Waals surface area contributed by atoms with Gasteiger partial charge in [0, 0.05) is 25.6 Å². The molecule has 82 valence electrons. The molecule has 0 aromatic rings. The van der Waals surface area contributed by atoms with Crippen molar-refractivity contribution in [1.82, 2.24) is 4.90 Å². The van der Waals surface area contributed by atoms with Gasteiger partial charge in [0.15, 0.2) is 0 Å². The molecule has 2 aliphatic heterocycles. The fourth-order valence-electron chi connectivity index (χ4n) is 2.87. The summed E-state index contributed by atoms with van der Waals surface area (Å²) in [6.45, 7) is 5.76. The molecule has 0 spiro atoms. The van der Waals surface area contributed by atoms with Crippen LogP contribution in [0.5, 0.6) is 0 Å². The highest BCUT2D eigenvalue weighted by Crippen LogP contribution is 2.37. The molecule has 0 saturated carbocycles. The van der Waals surface area contributed by atoms with E-state index in [9.17, 15) is 5.11 Å². The van der Waals surface area contributed by atoms with Gasteiger partial charge in [-0.3, -0.25) is 0 Å². The lowest BCUT2D eigenvalue weighted by atomic mass is 9.73. The first-order valence-electron chi connectivity index (χ1n) is 5.61. The molecule has 3 heteroatoms. The minimum absolute atomic E-state index is 0.367. The maximum Gasteiger partial charge on any atom is 0.0748 e. The SMILES string of the molecule is CC1CN(C)CCC1(O)C1CCOC1. The van der Waals surface area contributed by atoms with E-state index in [1.807, 2.05) is 0 Å². The lowest BCUT2D eigenvalue weighted by molar-refractivity contribution is -0.103. The summed E-state index contributed by atoms with van der Waals surface area (Å²) >= 11 is 0. The summed E-state index contributed by atoms with van der Waals surface area (Å²) in [5.74, 6) is 0.735. The quantitative estimate of drug-likeness (QED) is 0.675. The van der Waals surface area contributed by atoms with E-state index in [2.05, 4.69) is 18.9 Å². The van der Waals surface area contributed by atoms with Crippen LogP contribution in [-0.4, -0.2) is 49.0 Å². The Kier molecular flexibility index (Phi) is 2.82. The van der Waals surface area contributed by atoms with E-state index in [0.29, 0.717) is 11.8 Å². The fourth-order valence-corrected chi connectivity index (χ4v) is 2.87. The number of rotatable bonds is 1. The molecule has 3 unspecified atom stereocenters. The van der Waals surface area contributed by atoms with Gasteiger partial charge < -0.3 is 14.7 Å². The van der Waals surface area contributed by atoms with Gasteiger partial charge in [0.05, 0.1) is 12.2 Å². The molecule has 14 heavy (non-hydrogen) atoms. The maximum absolute atomic E-state index is 10.7. The van der Waals surface area contributed by atoms with Gasteiger partial charge in [-0.2, -0.15) is 0 Å². The van der Waals surface area contributed by atoms with Gasteiger partial charge >= 0.3 is 0 Å². The first-order chi connectivity index (χ1) is 6.63. The van der Waals surface area contributed by atoms with Crippen LogP contribution in [0, 0.1) is 11.8 Å². The number of hydrogen-bond donors (Lipinski definition) is 1. The Morgan fingerprint density at radius 3 is 2.86 bits per heavy atom. The first-order valence-corrected chi connectivity index (χ1v) is 5.61. The summed E-state index contributed by atoms with van der Waals surface area (Å²) in [7, 11) is 2.13. The van der Waals surface area contributed by atoms with Crippen LogP contribution in [0.15, 0.2) is 0 Å². The van der Waals surface area contributed by atoms with Crippen molar-refractivity contribution in [2.24, 2.45) is 11.8 Å². The number of aliphatic hydroxyl groups is 1. The number of piperidine rings is 1. The Bertz CT molecular complexity index is 203. The highest BCUT2D eigenvalue weighted by Gasteiger charge is 2.45. The lowest BCUT2D eigenvalue weighted by Gasteiger charge is -2.45. The van der Waals surface area contributed by atoms with Crippen LogP contribution in [0.4, 0.5) is 0 Å². The number of ether oxygens (including phenoxy) is 1. The second-order valence-electron chi connectivity index (χ2n) is 4.97. The van der Waals surface area contributed by atoms with Crippen LogP contribution in [0.2, 0.25) is 0 Å². The fraction of sp³-hybridized carbons (Fsp3) is 1.00. The summed E-state index contributed by atoms with van der Waals surface area (Å²) in [5.41, 5.74) is -0.469. The van der Waals surface area contributed by atoms with E-state index in [-0.39, 0.29) is 0 Å². The van der Waals surface area contributed by atoms with Crippen LogP contribution in [0.25, 0.3) is 0 Å². The van der Waals surface area contributed by atoms with Crippen LogP contribution in [0.3, 0.4) is 0 Å². The zero-order valence-corrected chi connectivity index (χ0v) is 9.20. The van der Waals surface area contributed by atoms with Gasteiger partial charge in [0.2, 0.25) is 0 Å². The van der Waals surface area contributed by atoms with E-state index < -0.39 is 5.60 Å². The number of likely N-dealkylation sites (tertiary alicyclic amines) is 1. The lowest BCUT2D eigenvalue weighted by Crippen LogP contribution is -2.54. The Morgan fingerprint density at radius 2 is 2.29 bits per heavy atom.